The summed E-state index contributed by atoms with van der Waals surface area (Å²) in [5.41, 5.74) is 2.09. The van der Waals surface area contributed by atoms with Gasteiger partial charge in [0.1, 0.15) is 12.4 Å². The van der Waals surface area contributed by atoms with Crippen LogP contribution in [0.3, 0.4) is 0 Å². The highest BCUT2D eigenvalue weighted by Gasteiger charge is 2.30. The Morgan fingerprint density at radius 1 is 1.07 bits per heavy atom. The Labute approximate surface area is 172 Å². The lowest BCUT2D eigenvalue weighted by Gasteiger charge is -2.11. The molecule has 0 saturated carbocycles. The monoisotopic (exact) mass is 421 g/mol. The average molecular weight is 421 g/mol. The summed E-state index contributed by atoms with van der Waals surface area (Å²) in [5, 5.41) is 9.07. The molecule has 0 aliphatic carbocycles. The number of hydrogen-bond donors (Lipinski definition) is 0. The van der Waals surface area contributed by atoms with E-state index in [1.165, 1.54) is 23.9 Å². The lowest BCUT2D eigenvalue weighted by molar-refractivity contribution is -0.137. The fraction of sp³-hybridized carbons (Fsp3) is 0.333. The molecule has 0 fully saturated rings. The van der Waals surface area contributed by atoms with Gasteiger partial charge < -0.3 is 9.30 Å². The smallest absolute Gasteiger partial charge is 0.416 e. The van der Waals surface area contributed by atoms with E-state index in [-0.39, 0.29) is 6.61 Å². The number of aromatic nitrogens is 3. The van der Waals surface area contributed by atoms with E-state index in [0.29, 0.717) is 28.8 Å². The fourth-order valence-electron chi connectivity index (χ4n) is 2.84. The number of thioether (sulfide) groups is 1. The average Bonchev–Trinajstić information content (AvgIpc) is 3.08. The largest absolute Gasteiger partial charge is 0.485 e. The van der Waals surface area contributed by atoms with Crippen LogP contribution in [-0.2, 0) is 25.1 Å². The van der Waals surface area contributed by atoms with E-state index in [4.69, 9.17) is 4.74 Å². The Hall–Kier alpha value is -2.48. The summed E-state index contributed by atoms with van der Waals surface area (Å²) in [6, 6.07) is 11.4. The Morgan fingerprint density at radius 2 is 1.86 bits per heavy atom. The SMILES string of the molecule is CCn1c(COc2cc(C)ccc2C)nnc1SCc1cccc(C(F)(F)F)c1. The molecule has 0 spiro atoms. The van der Waals surface area contributed by atoms with Gasteiger partial charge in [-0.3, -0.25) is 0 Å². The van der Waals surface area contributed by atoms with Gasteiger partial charge in [0, 0.05) is 12.3 Å². The van der Waals surface area contributed by atoms with E-state index in [1.54, 1.807) is 6.07 Å². The first-order valence-corrected chi connectivity index (χ1v) is 10.2. The number of nitrogens with zero attached hydrogens (tertiary/aromatic N) is 3. The summed E-state index contributed by atoms with van der Waals surface area (Å²) in [6.45, 7) is 6.87. The molecule has 0 aliphatic heterocycles. The van der Waals surface area contributed by atoms with Crippen LogP contribution in [0.15, 0.2) is 47.6 Å². The number of benzene rings is 2. The number of halogens is 3. The van der Waals surface area contributed by atoms with Gasteiger partial charge in [0.2, 0.25) is 0 Å². The highest BCUT2D eigenvalue weighted by molar-refractivity contribution is 7.98. The predicted molar refractivity (Wildman–Crippen MR) is 107 cm³/mol. The van der Waals surface area contributed by atoms with E-state index in [2.05, 4.69) is 10.2 Å². The topological polar surface area (TPSA) is 39.9 Å². The van der Waals surface area contributed by atoms with Crippen LogP contribution in [0.2, 0.25) is 0 Å². The van der Waals surface area contributed by atoms with Gasteiger partial charge in [-0.1, -0.05) is 42.1 Å². The van der Waals surface area contributed by atoms with Gasteiger partial charge in [0.15, 0.2) is 11.0 Å². The van der Waals surface area contributed by atoms with Crippen molar-refractivity contribution in [3.63, 3.8) is 0 Å². The van der Waals surface area contributed by atoms with E-state index < -0.39 is 11.7 Å². The van der Waals surface area contributed by atoms with Crippen molar-refractivity contribution in [2.24, 2.45) is 0 Å². The molecule has 154 valence electrons. The molecule has 1 aromatic heterocycles. The van der Waals surface area contributed by atoms with Crippen LogP contribution in [0.4, 0.5) is 13.2 Å². The third kappa shape index (κ3) is 5.32. The summed E-state index contributed by atoms with van der Waals surface area (Å²) in [7, 11) is 0. The highest BCUT2D eigenvalue weighted by Crippen LogP contribution is 2.31. The maximum atomic E-state index is 12.9. The molecule has 3 rings (SSSR count). The van der Waals surface area contributed by atoms with Crippen LogP contribution >= 0.6 is 11.8 Å². The molecule has 0 aliphatic rings. The fourth-order valence-corrected chi connectivity index (χ4v) is 3.80. The first-order valence-electron chi connectivity index (χ1n) is 9.19. The van der Waals surface area contributed by atoms with E-state index in [9.17, 15) is 13.2 Å². The lowest BCUT2D eigenvalue weighted by Crippen LogP contribution is -2.07. The van der Waals surface area contributed by atoms with Crippen molar-refractivity contribution in [2.75, 3.05) is 0 Å². The second kappa shape index (κ2) is 8.90. The Morgan fingerprint density at radius 3 is 2.59 bits per heavy atom. The molecule has 29 heavy (non-hydrogen) atoms. The molecule has 0 atom stereocenters. The van der Waals surface area contributed by atoms with Gasteiger partial charge in [-0.15, -0.1) is 10.2 Å². The summed E-state index contributed by atoms with van der Waals surface area (Å²) >= 11 is 1.36. The summed E-state index contributed by atoms with van der Waals surface area (Å²) in [4.78, 5) is 0. The first kappa shape index (κ1) is 21.2. The van der Waals surface area contributed by atoms with Crippen LogP contribution in [0.5, 0.6) is 5.75 Å². The molecule has 0 unspecified atom stereocenters. The second-order valence-electron chi connectivity index (χ2n) is 6.69. The molecule has 4 nitrogen and oxygen atoms in total. The summed E-state index contributed by atoms with van der Waals surface area (Å²) in [6.07, 6.45) is -4.34. The molecule has 0 saturated heterocycles. The zero-order valence-electron chi connectivity index (χ0n) is 16.5. The van der Waals surface area contributed by atoms with Gasteiger partial charge in [-0.25, -0.2) is 0 Å². The zero-order valence-corrected chi connectivity index (χ0v) is 17.3. The van der Waals surface area contributed by atoms with Crippen molar-refractivity contribution in [1.82, 2.24) is 14.8 Å². The van der Waals surface area contributed by atoms with Crippen molar-refractivity contribution in [3.05, 3.63) is 70.5 Å². The van der Waals surface area contributed by atoms with Crippen LogP contribution in [0.25, 0.3) is 0 Å². The zero-order chi connectivity index (χ0) is 21.0. The quantitative estimate of drug-likeness (QED) is 0.452. The van der Waals surface area contributed by atoms with E-state index >= 15 is 0 Å². The third-order valence-corrected chi connectivity index (χ3v) is 5.47. The third-order valence-electron chi connectivity index (χ3n) is 4.43. The lowest BCUT2D eigenvalue weighted by atomic mass is 10.1. The van der Waals surface area contributed by atoms with Crippen LogP contribution in [0, 0.1) is 13.8 Å². The van der Waals surface area contributed by atoms with Crippen molar-refractivity contribution < 1.29 is 17.9 Å². The van der Waals surface area contributed by atoms with Gasteiger partial charge in [-0.2, -0.15) is 13.2 Å². The van der Waals surface area contributed by atoms with Crippen LogP contribution in [0.1, 0.15) is 35.0 Å². The van der Waals surface area contributed by atoms with Crippen LogP contribution < -0.4 is 4.74 Å². The predicted octanol–water partition coefficient (Wildman–Crippen LogP) is 5.80. The Balaban J connectivity index is 1.69. The number of ether oxygens (including phenoxy) is 1. The van der Waals surface area contributed by atoms with E-state index in [0.717, 1.165) is 22.9 Å². The number of alkyl halides is 3. The molecular formula is C21H22F3N3OS. The van der Waals surface area contributed by atoms with Crippen LogP contribution in [-0.4, -0.2) is 14.8 Å². The molecular weight excluding hydrogens is 399 g/mol. The summed E-state index contributed by atoms with van der Waals surface area (Å²) < 4.78 is 46.5. The minimum Gasteiger partial charge on any atom is -0.485 e. The van der Waals surface area contributed by atoms with E-state index in [1.807, 2.05) is 43.5 Å². The number of hydrogen-bond acceptors (Lipinski definition) is 4. The maximum Gasteiger partial charge on any atom is 0.416 e. The van der Waals surface area contributed by atoms with Crippen molar-refractivity contribution >= 4 is 11.8 Å². The van der Waals surface area contributed by atoms with Crippen molar-refractivity contribution in [2.45, 2.75) is 51.0 Å². The second-order valence-corrected chi connectivity index (χ2v) is 7.63. The van der Waals surface area contributed by atoms with Gasteiger partial charge >= 0.3 is 6.18 Å². The Kier molecular flexibility index (Phi) is 6.52. The maximum absolute atomic E-state index is 12.9. The van der Waals surface area contributed by atoms with Gasteiger partial charge in [-0.05, 0) is 49.6 Å². The Bertz CT molecular complexity index is 986. The highest BCUT2D eigenvalue weighted by atomic mass is 32.2. The van der Waals surface area contributed by atoms with Gasteiger partial charge in [0.25, 0.3) is 0 Å². The standard InChI is InChI=1S/C21H22F3N3OS/c1-4-27-19(12-28-18-10-14(2)8-9-15(18)3)25-26-20(27)29-13-16-6-5-7-17(11-16)21(22,23)24/h5-11H,4,12-13H2,1-3H3. The minimum atomic E-state index is -4.34. The molecule has 0 N–H and O–H groups in total. The van der Waals surface area contributed by atoms with Crippen molar-refractivity contribution in [3.8, 4) is 5.75 Å². The molecule has 2 aromatic carbocycles. The molecule has 0 radical (unpaired) electrons. The molecule has 1 heterocycles. The molecule has 0 bridgehead atoms. The number of rotatable bonds is 7. The summed E-state index contributed by atoms with van der Waals surface area (Å²) in [5.74, 6) is 1.86. The molecule has 0 amide bonds. The number of aryl methyl sites for hydroxylation is 2. The first-order chi connectivity index (χ1) is 13.8. The van der Waals surface area contributed by atoms with Crippen molar-refractivity contribution in [1.29, 1.82) is 0 Å². The molecule has 3 aromatic rings. The normalized spacial score (nSPS) is 11.7. The van der Waals surface area contributed by atoms with Gasteiger partial charge in [0.05, 0.1) is 5.56 Å². The minimum absolute atomic E-state index is 0.273. The molecule has 8 heteroatoms.